The predicted octanol–water partition coefficient (Wildman–Crippen LogP) is 1.84. The summed E-state index contributed by atoms with van der Waals surface area (Å²) in [6, 6.07) is 3.92. The number of nitrogens with zero attached hydrogens (tertiary/aromatic N) is 1. The summed E-state index contributed by atoms with van der Waals surface area (Å²) in [5.41, 5.74) is 0.351. The smallest absolute Gasteiger partial charge is 0.275 e. The molecule has 0 amide bonds. The maximum Gasteiger partial charge on any atom is 0.275 e. The van der Waals surface area contributed by atoms with Gasteiger partial charge < -0.3 is 10.1 Å². The van der Waals surface area contributed by atoms with Crippen LogP contribution in [-0.4, -0.2) is 38.0 Å². The fourth-order valence-corrected chi connectivity index (χ4v) is 2.79. The molecule has 0 saturated heterocycles. The van der Waals surface area contributed by atoms with E-state index in [1.54, 1.807) is 19.9 Å². The van der Waals surface area contributed by atoms with E-state index >= 15 is 0 Å². The van der Waals surface area contributed by atoms with Crippen molar-refractivity contribution in [3.05, 3.63) is 28.3 Å². The summed E-state index contributed by atoms with van der Waals surface area (Å²) in [5.74, 6) is 0.315. The van der Waals surface area contributed by atoms with Gasteiger partial charge in [0.05, 0.1) is 23.3 Å². The van der Waals surface area contributed by atoms with E-state index in [0.717, 1.165) is 6.26 Å². The van der Waals surface area contributed by atoms with Crippen molar-refractivity contribution < 1.29 is 18.1 Å². The van der Waals surface area contributed by atoms with Gasteiger partial charge in [0.15, 0.2) is 0 Å². The van der Waals surface area contributed by atoms with Crippen LogP contribution in [0.15, 0.2) is 18.2 Å². The summed E-state index contributed by atoms with van der Waals surface area (Å²) in [7, 11) is -3.12. The van der Waals surface area contributed by atoms with Crippen LogP contribution < -0.4 is 10.1 Å². The number of rotatable bonds is 7. The Kier molecular flexibility index (Phi) is 5.32. The van der Waals surface area contributed by atoms with E-state index in [4.69, 9.17) is 4.74 Å². The van der Waals surface area contributed by atoms with Crippen LogP contribution in [0.2, 0.25) is 0 Å². The zero-order chi connectivity index (χ0) is 15.3. The Balaban J connectivity index is 2.96. The highest BCUT2D eigenvalue weighted by atomic mass is 32.2. The molecule has 0 aliphatic carbocycles. The Hall–Kier alpha value is -1.83. The third-order valence-electron chi connectivity index (χ3n) is 2.38. The molecule has 1 rings (SSSR count). The SMILES string of the molecule is CCOc1cc(NC(C)CS(C)(=O)=O)cc([N+](=O)[O-])c1. The number of ether oxygens (including phenoxy) is 1. The zero-order valence-corrected chi connectivity index (χ0v) is 12.4. The summed E-state index contributed by atoms with van der Waals surface area (Å²) < 4.78 is 27.7. The van der Waals surface area contributed by atoms with Crippen LogP contribution >= 0.6 is 0 Å². The van der Waals surface area contributed by atoms with Crippen molar-refractivity contribution in [1.29, 1.82) is 0 Å². The van der Waals surface area contributed by atoms with Gasteiger partial charge in [-0.15, -0.1) is 0 Å². The molecule has 0 heterocycles. The fraction of sp³-hybridized carbons (Fsp3) is 0.500. The molecule has 7 nitrogen and oxygen atoms in total. The van der Waals surface area contributed by atoms with Crippen molar-refractivity contribution in [3.63, 3.8) is 0 Å². The molecule has 0 aromatic heterocycles. The minimum atomic E-state index is -3.12. The van der Waals surface area contributed by atoms with Crippen LogP contribution in [0.5, 0.6) is 5.75 Å². The Morgan fingerprint density at radius 2 is 2.05 bits per heavy atom. The lowest BCUT2D eigenvalue weighted by Gasteiger charge is -2.15. The van der Waals surface area contributed by atoms with Crippen molar-refractivity contribution in [1.82, 2.24) is 0 Å². The van der Waals surface area contributed by atoms with Crippen LogP contribution in [-0.2, 0) is 9.84 Å². The summed E-state index contributed by atoms with van der Waals surface area (Å²) in [4.78, 5) is 10.3. The summed E-state index contributed by atoms with van der Waals surface area (Å²) in [6.45, 7) is 3.86. The van der Waals surface area contributed by atoms with Gasteiger partial charge in [-0.2, -0.15) is 0 Å². The molecule has 112 valence electrons. The van der Waals surface area contributed by atoms with Crippen LogP contribution in [0.3, 0.4) is 0 Å². The van der Waals surface area contributed by atoms with Crippen molar-refractivity contribution in [3.8, 4) is 5.75 Å². The number of hydrogen-bond acceptors (Lipinski definition) is 6. The highest BCUT2D eigenvalue weighted by Gasteiger charge is 2.14. The van der Waals surface area contributed by atoms with Crippen LogP contribution in [0.1, 0.15) is 13.8 Å². The van der Waals surface area contributed by atoms with Gasteiger partial charge >= 0.3 is 0 Å². The van der Waals surface area contributed by atoms with Crippen LogP contribution in [0, 0.1) is 10.1 Å². The Morgan fingerprint density at radius 3 is 2.55 bits per heavy atom. The predicted molar refractivity (Wildman–Crippen MR) is 77.1 cm³/mol. The topological polar surface area (TPSA) is 98.5 Å². The molecule has 1 N–H and O–H groups in total. The molecule has 0 bridgehead atoms. The fourth-order valence-electron chi connectivity index (χ4n) is 1.80. The van der Waals surface area contributed by atoms with Gasteiger partial charge in [0, 0.05) is 30.1 Å². The Labute approximate surface area is 118 Å². The number of nitrogens with one attached hydrogen (secondary N) is 1. The number of benzene rings is 1. The second kappa shape index (κ2) is 6.56. The van der Waals surface area contributed by atoms with Gasteiger partial charge in [-0.1, -0.05) is 0 Å². The van der Waals surface area contributed by atoms with E-state index in [1.165, 1.54) is 12.1 Å². The molecule has 1 unspecified atom stereocenters. The number of anilines is 1. The van der Waals surface area contributed by atoms with E-state index in [-0.39, 0.29) is 17.5 Å². The lowest BCUT2D eigenvalue weighted by molar-refractivity contribution is -0.384. The minimum absolute atomic E-state index is 0.0559. The van der Waals surface area contributed by atoms with E-state index in [9.17, 15) is 18.5 Å². The Morgan fingerprint density at radius 1 is 1.40 bits per heavy atom. The van der Waals surface area contributed by atoms with Gasteiger partial charge in [-0.3, -0.25) is 10.1 Å². The van der Waals surface area contributed by atoms with Crippen molar-refractivity contribution in [2.75, 3.05) is 23.9 Å². The third-order valence-corrected chi connectivity index (χ3v) is 3.48. The summed E-state index contributed by atoms with van der Waals surface area (Å²) in [6.07, 6.45) is 1.14. The molecular formula is C12H18N2O5S. The summed E-state index contributed by atoms with van der Waals surface area (Å²) >= 11 is 0. The molecule has 8 heteroatoms. The van der Waals surface area contributed by atoms with Gasteiger partial charge in [0.25, 0.3) is 5.69 Å². The maximum atomic E-state index is 11.2. The average molecular weight is 302 g/mol. The molecular weight excluding hydrogens is 284 g/mol. The quantitative estimate of drug-likeness (QED) is 0.609. The van der Waals surface area contributed by atoms with E-state index in [0.29, 0.717) is 18.0 Å². The molecule has 0 aliphatic heterocycles. The second-order valence-corrected chi connectivity index (χ2v) is 6.73. The summed E-state index contributed by atoms with van der Waals surface area (Å²) in [5, 5.41) is 13.8. The molecule has 1 aromatic rings. The number of nitro groups is 1. The molecule has 20 heavy (non-hydrogen) atoms. The van der Waals surface area contributed by atoms with Crippen molar-refractivity contribution in [2.24, 2.45) is 0 Å². The largest absolute Gasteiger partial charge is 0.494 e. The number of hydrogen-bond donors (Lipinski definition) is 1. The van der Waals surface area contributed by atoms with Gasteiger partial charge in [0.2, 0.25) is 0 Å². The molecule has 0 saturated carbocycles. The van der Waals surface area contributed by atoms with Crippen molar-refractivity contribution in [2.45, 2.75) is 19.9 Å². The molecule has 0 aliphatic rings. The lowest BCUT2D eigenvalue weighted by atomic mass is 10.2. The van der Waals surface area contributed by atoms with E-state index in [1.807, 2.05) is 0 Å². The standard InChI is InChI=1S/C12H18N2O5S/c1-4-19-12-6-10(5-11(7-12)14(15)16)13-9(2)8-20(3,17)18/h5-7,9,13H,4,8H2,1-3H3. The van der Waals surface area contributed by atoms with Crippen molar-refractivity contribution >= 4 is 21.2 Å². The van der Waals surface area contributed by atoms with Gasteiger partial charge in [0.1, 0.15) is 15.6 Å². The first-order chi connectivity index (χ1) is 9.21. The first-order valence-corrected chi connectivity index (χ1v) is 8.14. The zero-order valence-electron chi connectivity index (χ0n) is 11.6. The molecule has 1 aromatic carbocycles. The van der Waals surface area contributed by atoms with Crippen LogP contribution in [0.4, 0.5) is 11.4 Å². The average Bonchev–Trinajstić information content (AvgIpc) is 2.26. The molecule has 0 fully saturated rings. The van der Waals surface area contributed by atoms with E-state index in [2.05, 4.69) is 5.32 Å². The first-order valence-electron chi connectivity index (χ1n) is 6.08. The van der Waals surface area contributed by atoms with Gasteiger partial charge in [-0.25, -0.2) is 8.42 Å². The van der Waals surface area contributed by atoms with E-state index < -0.39 is 14.8 Å². The molecule has 0 radical (unpaired) electrons. The highest BCUT2D eigenvalue weighted by molar-refractivity contribution is 7.90. The monoisotopic (exact) mass is 302 g/mol. The Bertz CT molecular complexity index is 586. The number of non-ortho nitro benzene ring substituents is 1. The highest BCUT2D eigenvalue weighted by Crippen LogP contribution is 2.26. The lowest BCUT2D eigenvalue weighted by Crippen LogP contribution is -2.25. The minimum Gasteiger partial charge on any atom is -0.494 e. The normalized spacial score (nSPS) is 12.8. The number of sulfone groups is 1. The first kappa shape index (κ1) is 16.2. The number of nitro benzene ring substituents is 1. The third kappa shape index (κ3) is 5.43. The molecule has 0 spiro atoms. The van der Waals surface area contributed by atoms with Gasteiger partial charge in [-0.05, 0) is 13.8 Å². The maximum absolute atomic E-state index is 11.2. The van der Waals surface area contributed by atoms with Crippen LogP contribution in [0.25, 0.3) is 0 Å². The molecule has 1 atom stereocenters. The second-order valence-electron chi connectivity index (χ2n) is 4.54.